The summed E-state index contributed by atoms with van der Waals surface area (Å²) in [5.74, 6) is -1.45. The molecule has 1 atom stereocenters. The Morgan fingerprint density at radius 3 is 2.70 bits per heavy atom. The zero-order chi connectivity index (χ0) is 19.8. The maximum Gasteiger partial charge on any atom is 0.271 e. The van der Waals surface area contributed by atoms with Crippen molar-refractivity contribution >= 4 is 21.7 Å². The number of aromatic hydroxyl groups is 1. The van der Waals surface area contributed by atoms with Gasteiger partial charge in [-0.25, -0.2) is 12.8 Å². The summed E-state index contributed by atoms with van der Waals surface area (Å²) >= 11 is 0. The van der Waals surface area contributed by atoms with Gasteiger partial charge in [0.15, 0.2) is 9.84 Å². The number of hydrogen-bond donors (Lipinski definition) is 1. The molecular formula is C18H16FN3O4S. The third-order valence-corrected chi connectivity index (χ3v) is 6.30. The van der Waals surface area contributed by atoms with Crippen LogP contribution in [0.4, 0.5) is 10.1 Å². The highest BCUT2D eigenvalue weighted by Gasteiger charge is 2.33. The molecule has 1 aromatic carbocycles. The average Bonchev–Trinajstić information content (AvgIpc) is 2.96. The quantitative estimate of drug-likeness (QED) is 0.807. The number of benzene rings is 1. The standard InChI is InChI=1S/C18H16FN3O4S/c1-11-13(8-20)17(23)22(12-6-7-27(25,26)10-12)18(24)14(11)9-21-16-5-3-2-4-15(16)19/h2-5,9,12,24H,6-7,10H2,1H3/t12-/m1/s1. The van der Waals surface area contributed by atoms with Gasteiger partial charge in [0, 0.05) is 6.21 Å². The molecule has 0 spiro atoms. The molecule has 2 aromatic rings. The van der Waals surface area contributed by atoms with E-state index in [1.165, 1.54) is 31.3 Å². The van der Waals surface area contributed by atoms with Crippen LogP contribution < -0.4 is 5.56 Å². The molecule has 1 aliphatic heterocycles. The average molecular weight is 389 g/mol. The number of para-hydroxylation sites is 1. The highest BCUT2D eigenvalue weighted by Crippen LogP contribution is 2.30. The predicted molar refractivity (Wildman–Crippen MR) is 97.8 cm³/mol. The van der Waals surface area contributed by atoms with Crippen LogP contribution in [0.15, 0.2) is 34.1 Å². The SMILES string of the molecule is Cc1c(C=Nc2ccccc2F)c(O)n([C@@H]2CCS(=O)(=O)C2)c(=O)c1C#N. The van der Waals surface area contributed by atoms with Gasteiger partial charge in [-0.2, -0.15) is 5.26 Å². The molecule has 0 bridgehead atoms. The molecule has 3 rings (SSSR count). The summed E-state index contributed by atoms with van der Waals surface area (Å²) < 4.78 is 38.2. The monoisotopic (exact) mass is 389 g/mol. The second kappa shape index (κ2) is 6.96. The van der Waals surface area contributed by atoms with Crippen LogP contribution in [-0.2, 0) is 9.84 Å². The zero-order valence-corrected chi connectivity index (χ0v) is 15.2. The van der Waals surface area contributed by atoms with Crippen molar-refractivity contribution in [3.63, 3.8) is 0 Å². The minimum Gasteiger partial charge on any atom is -0.494 e. The Kier molecular flexibility index (Phi) is 4.85. The summed E-state index contributed by atoms with van der Waals surface area (Å²) in [4.78, 5) is 16.6. The summed E-state index contributed by atoms with van der Waals surface area (Å²) in [5.41, 5.74) is -0.684. The molecule has 9 heteroatoms. The number of nitrogens with zero attached hydrogens (tertiary/aromatic N) is 3. The third-order valence-electron chi connectivity index (χ3n) is 4.55. The van der Waals surface area contributed by atoms with Crippen molar-refractivity contribution < 1.29 is 17.9 Å². The van der Waals surface area contributed by atoms with Crippen molar-refractivity contribution in [2.24, 2.45) is 4.99 Å². The van der Waals surface area contributed by atoms with Crippen LogP contribution in [0.25, 0.3) is 0 Å². The number of halogens is 1. The van der Waals surface area contributed by atoms with Crippen LogP contribution in [0.5, 0.6) is 5.88 Å². The van der Waals surface area contributed by atoms with E-state index in [0.717, 1.165) is 4.57 Å². The molecule has 1 saturated heterocycles. The van der Waals surface area contributed by atoms with Crippen LogP contribution >= 0.6 is 0 Å². The first-order chi connectivity index (χ1) is 12.7. The van der Waals surface area contributed by atoms with Crippen molar-refractivity contribution in [2.75, 3.05) is 11.5 Å². The van der Waals surface area contributed by atoms with Crippen LogP contribution in [0.1, 0.15) is 29.2 Å². The van der Waals surface area contributed by atoms with Crippen LogP contribution in [0, 0.1) is 24.1 Å². The van der Waals surface area contributed by atoms with Crippen LogP contribution in [0.3, 0.4) is 0 Å². The number of aromatic nitrogens is 1. The fraction of sp³-hybridized carbons (Fsp3) is 0.278. The normalized spacial score (nSPS) is 18.6. The van der Waals surface area contributed by atoms with E-state index in [-0.39, 0.29) is 40.3 Å². The van der Waals surface area contributed by atoms with E-state index in [4.69, 9.17) is 0 Å². The summed E-state index contributed by atoms with van der Waals surface area (Å²) in [5, 5.41) is 20.0. The van der Waals surface area contributed by atoms with Crippen molar-refractivity contribution in [1.29, 1.82) is 5.26 Å². The highest BCUT2D eigenvalue weighted by molar-refractivity contribution is 7.91. The van der Waals surface area contributed by atoms with Gasteiger partial charge in [-0.1, -0.05) is 12.1 Å². The van der Waals surface area contributed by atoms with Gasteiger partial charge in [0.25, 0.3) is 5.56 Å². The van der Waals surface area contributed by atoms with Gasteiger partial charge in [-0.05, 0) is 31.0 Å². The Morgan fingerprint density at radius 1 is 1.41 bits per heavy atom. The summed E-state index contributed by atoms with van der Waals surface area (Å²) in [6.07, 6.45) is 1.33. The third kappa shape index (κ3) is 3.48. The number of sulfone groups is 1. The molecule has 1 N–H and O–H groups in total. The van der Waals surface area contributed by atoms with Crippen molar-refractivity contribution in [2.45, 2.75) is 19.4 Å². The Balaban J connectivity index is 2.18. The molecule has 0 saturated carbocycles. The smallest absolute Gasteiger partial charge is 0.271 e. The molecule has 1 fully saturated rings. The van der Waals surface area contributed by atoms with Crippen LogP contribution in [-0.4, -0.2) is 35.8 Å². The van der Waals surface area contributed by atoms with Crippen molar-refractivity contribution in [3.8, 4) is 11.9 Å². The molecule has 2 heterocycles. The number of aliphatic imine (C=N–C) groups is 1. The fourth-order valence-corrected chi connectivity index (χ4v) is 4.80. The van der Waals surface area contributed by atoms with Crippen molar-refractivity contribution in [3.05, 3.63) is 57.1 Å². The first-order valence-electron chi connectivity index (χ1n) is 8.12. The van der Waals surface area contributed by atoms with Gasteiger partial charge in [-0.3, -0.25) is 14.4 Å². The summed E-state index contributed by atoms with van der Waals surface area (Å²) in [7, 11) is -3.32. The molecule has 140 valence electrons. The van der Waals surface area contributed by atoms with E-state index in [9.17, 15) is 28.0 Å². The second-order valence-corrected chi connectivity index (χ2v) is 8.52. The zero-order valence-electron chi connectivity index (χ0n) is 14.4. The summed E-state index contributed by atoms with van der Waals surface area (Å²) in [6.45, 7) is 1.47. The molecule has 0 unspecified atom stereocenters. The van der Waals surface area contributed by atoms with E-state index in [1.807, 2.05) is 0 Å². The van der Waals surface area contributed by atoms with E-state index >= 15 is 0 Å². The van der Waals surface area contributed by atoms with Crippen LogP contribution in [0.2, 0.25) is 0 Å². The Hall–Kier alpha value is -2.99. The molecule has 1 aromatic heterocycles. The van der Waals surface area contributed by atoms with Crippen molar-refractivity contribution in [1.82, 2.24) is 4.57 Å². The lowest BCUT2D eigenvalue weighted by atomic mass is 10.0. The maximum absolute atomic E-state index is 13.8. The molecule has 27 heavy (non-hydrogen) atoms. The molecular weight excluding hydrogens is 373 g/mol. The van der Waals surface area contributed by atoms with Gasteiger partial charge in [0.05, 0.1) is 28.8 Å². The van der Waals surface area contributed by atoms with E-state index < -0.39 is 33.1 Å². The largest absolute Gasteiger partial charge is 0.494 e. The van der Waals surface area contributed by atoms with Gasteiger partial charge in [-0.15, -0.1) is 0 Å². The number of rotatable bonds is 3. The van der Waals surface area contributed by atoms with Gasteiger partial charge in [0.2, 0.25) is 5.88 Å². The highest BCUT2D eigenvalue weighted by atomic mass is 32.2. The lowest BCUT2D eigenvalue weighted by Crippen LogP contribution is -2.29. The minimum absolute atomic E-state index is 0.0241. The summed E-state index contributed by atoms with van der Waals surface area (Å²) in [6, 6.07) is 6.78. The minimum atomic E-state index is -3.32. The van der Waals surface area contributed by atoms with E-state index in [1.54, 1.807) is 12.1 Å². The molecule has 0 amide bonds. The first-order valence-corrected chi connectivity index (χ1v) is 9.94. The molecule has 0 aliphatic carbocycles. The van der Waals surface area contributed by atoms with Gasteiger partial charge < -0.3 is 5.11 Å². The second-order valence-electron chi connectivity index (χ2n) is 6.29. The van der Waals surface area contributed by atoms with Gasteiger partial charge in [0.1, 0.15) is 17.4 Å². The van der Waals surface area contributed by atoms with Gasteiger partial charge >= 0.3 is 0 Å². The number of hydrogen-bond acceptors (Lipinski definition) is 6. The lowest BCUT2D eigenvalue weighted by Gasteiger charge is -2.18. The Morgan fingerprint density at radius 2 is 2.11 bits per heavy atom. The Bertz CT molecular complexity index is 1150. The topological polar surface area (TPSA) is 113 Å². The fourth-order valence-electron chi connectivity index (χ4n) is 3.10. The molecule has 1 aliphatic rings. The number of nitriles is 1. The predicted octanol–water partition coefficient (Wildman–Crippen LogP) is 1.98. The maximum atomic E-state index is 13.8. The molecule has 0 radical (unpaired) electrons. The lowest BCUT2D eigenvalue weighted by molar-refractivity contribution is 0.379. The van der Waals surface area contributed by atoms with E-state index in [2.05, 4.69) is 4.99 Å². The molecule has 7 nitrogen and oxygen atoms in total. The Labute approximate surface area is 155 Å². The van der Waals surface area contributed by atoms with E-state index in [0.29, 0.717) is 0 Å². The first kappa shape index (κ1) is 18.8. The number of pyridine rings is 1.